The van der Waals surface area contributed by atoms with Crippen molar-refractivity contribution in [1.29, 1.82) is 0 Å². The topological polar surface area (TPSA) is 53.0 Å². The zero-order chi connectivity index (χ0) is 18.4. The second kappa shape index (κ2) is 8.98. The summed E-state index contributed by atoms with van der Waals surface area (Å²) in [7, 11) is 0. The molecular formula is C21H32N2O3. The monoisotopic (exact) mass is 360 g/mol. The van der Waals surface area contributed by atoms with Crippen LogP contribution >= 0.6 is 0 Å². The number of benzene rings is 1. The maximum atomic E-state index is 12.9. The van der Waals surface area contributed by atoms with E-state index in [4.69, 9.17) is 9.84 Å². The number of nitrogens with zero attached hydrogens (tertiary/aromatic N) is 2. The van der Waals surface area contributed by atoms with E-state index >= 15 is 0 Å². The first-order chi connectivity index (χ1) is 12.7. The minimum absolute atomic E-state index is 0.00402. The van der Waals surface area contributed by atoms with E-state index in [1.54, 1.807) is 0 Å². The van der Waals surface area contributed by atoms with Crippen LogP contribution < -0.4 is 0 Å². The molecule has 1 spiro atoms. The van der Waals surface area contributed by atoms with Gasteiger partial charge in [0.25, 0.3) is 0 Å². The number of carbonyl (C=O) groups is 1. The number of amides is 1. The first-order valence-corrected chi connectivity index (χ1v) is 9.92. The van der Waals surface area contributed by atoms with E-state index in [1.165, 1.54) is 0 Å². The normalized spacial score (nSPS) is 23.5. The molecule has 3 rings (SSSR count). The van der Waals surface area contributed by atoms with Gasteiger partial charge in [-0.1, -0.05) is 30.3 Å². The molecule has 2 saturated heterocycles. The number of hydrogen-bond acceptors (Lipinski definition) is 4. The van der Waals surface area contributed by atoms with E-state index in [1.807, 2.05) is 18.2 Å². The highest BCUT2D eigenvalue weighted by Crippen LogP contribution is 2.45. The largest absolute Gasteiger partial charge is 0.394 e. The lowest BCUT2D eigenvalue weighted by Gasteiger charge is -2.49. The molecule has 0 saturated carbocycles. The van der Waals surface area contributed by atoms with Crippen molar-refractivity contribution < 1.29 is 14.6 Å². The molecule has 5 nitrogen and oxygen atoms in total. The standard InChI is InChI=1S/C21H32N2O3/c1-2-23-17-21(8-10-22(11-9-21)12-14-26-15-13-24)16-19(20(23)25)18-6-4-3-5-7-18/h3-7,19,24H,2,8-17H2,1H3/t19-/m1/s1. The van der Waals surface area contributed by atoms with Crippen LogP contribution in [-0.4, -0.2) is 73.4 Å². The fraction of sp³-hybridized carbons (Fsp3) is 0.667. The Hall–Kier alpha value is -1.43. The second-order valence-electron chi connectivity index (χ2n) is 7.70. The zero-order valence-corrected chi connectivity index (χ0v) is 15.9. The first kappa shape index (κ1) is 19.3. The van der Waals surface area contributed by atoms with Crippen LogP contribution in [0.1, 0.15) is 37.7 Å². The van der Waals surface area contributed by atoms with Gasteiger partial charge in [0.2, 0.25) is 5.91 Å². The number of rotatable bonds is 7. The van der Waals surface area contributed by atoms with E-state index in [2.05, 4.69) is 28.9 Å². The molecule has 1 amide bonds. The van der Waals surface area contributed by atoms with Crippen molar-refractivity contribution in [3.8, 4) is 0 Å². The molecule has 0 aliphatic carbocycles. The van der Waals surface area contributed by atoms with E-state index < -0.39 is 0 Å². The van der Waals surface area contributed by atoms with E-state index in [0.29, 0.717) is 19.1 Å². The van der Waals surface area contributed by atoms with Gasteiger partial charge in [0.15, 0.2) is 0 Å². The molecule has 1 aromatic carbocycles. The van der Waals surface area contributed by atoms with Crippen LogP contribution in [0, 0.1) is 5.41 Å². The number of likely N-dealkylation sites (N-methyl/N-ethyl adjacent to an activating group) is 1. The van der Waals surface area contributed by atoms with Crippen molar-refractivity contribution in [2.45, 2.75) is 32.1 Å². The Morgan fingerprint density at radius 1 is 1.19 bits per heavy atom. The smallest absolute Gasteiger partial charge is 0.230 e. The summed E-state index contributed by atoms with van der Waals surface area (Å²) < 4.78 is 5.40. The quantitative estimate of drug-likeness (QED) is 0.757. The van der Waals surface area contributed by atoms with Gasteiger partial charge in [-0.25, -0.2) is 0 Å². The van der Waals surface area contributed by atoms with Crippen molar-refractivity contribution in [1.82, 2.24) is 9.80 Å². The van der Waals surface area contributed by atoms with Gasteiger partial charge in [-0.15, -0.1) is 0 Å². The van der Waals surface area contributed by atoms with Crippen LogP contribution in [-0.2, 0) is 9.53 Å². The Morgan fingerprint density at radius 3 is 2.58 bits per heavy atom. The number of piperidine rings is 2. The third kappa shape index (κ3) is 4.45. The molecule has 2 aliphatic rings. The Kier molecular flexibility index (Phi) is 6.68. The predicted molar refractivity (Wildman–Crippen MR) is 102 cm³/mol. The summed E-state index contributed by atoms with van der Waals surface area (Å²) in [6.07, 6.45) is 3.25. The van der Waals surface area contributed by atoms with Gasteiger partial charge in [0.05, 0.1) is 25.7 Å². The molecule has 1 aromatic rings. The third-order valence-corrected chi connectivity index (χ3v) is 6.06. The van der Waals surface area contributed by atoms with Crippen molar-refractivity contribution >= 4 is 5.91 Å². The molecule has 26 heavy (non-hydrogen) atoms. The molecule has 1 atom stereocenters. The maximum absolute atomic E-state index is 12.9. The Morgan fingerprint density at radius 2 is 1.92 bits per heavy atom. The molecule has 2 fully saturated rings. The summed E-state index contributed by atoms with van der Waals surface area (Å²) in [6.45, 7) is 8.03. The van der Waals surface area contributed by atoms with Gasteiger partial charge in [-0.2, -0.15) is 0 Å². The molecule has 0 radical (unpaired) electrons. The summed E-state index contributed by atoms with van der Waals surface area (Å²) in [5.41, 5.74) is 1.40. The Labute approximate surface area is 156 Å². The van der Waals surface area contributed by atoms with Gasteiger partial charge in [-0.3, -0.25) is 4.79 Å². The SMILES string of the molecule is CCN1CC2(CCN(CCOCCO)CC2)C[C@H](c2ccccc2)C1=O. The van der Waals surface area contributed by atoms with Crippen molar-refractivity contribution in [3.05, 3.63) is 35.9 Å². The molecule has 0 unspecified atom stereocenters. The molecule has 1 N–H and O–H groups in total. The summed E-state index contributed by atoms with van der Waals surface area (Å²) >= 11 is 0. The summed E-state index contributed by atoms with van der Waals surface area (Å²) in [5.74, 6) is 0.300. The molecule has 2 aliphatic heterocycles. The highest BCUT2D eigenvalue weighted by Gasteiger charge is 2.45. The molecule has 0 bridgehead atoms. The van der Waals surface area contributed by atoms with Gasteiger partial charge >= 0.3 is 0 Å². The maximum Gasteiger partial charge on any atom is 0.230 e. The van der Waals surface area contributed by atoms with Gasteiger partial charge < -0.3 is 19.6 Å². The highest BCUT2D eigenvalue weighted by atomic mass is 16.5. The van der Waals surface area contributed by atoms with Crippen LogP contribution in [0.5, 0.6) is 0 Å². The second-order valence-corrected chi connectivity index (χ2v) is 7.70. The number of hydrogen-bond donors (Lipinski definition) is 1. The van der Waals surface area contributed by atoms with Crippen LogP contribution in [0.15, 0.2) is 30.3 Å². The van der Waals surface area contributed by atoms with Crippen LogP contribution in [0.25, 0.3) is 0 Å². The number of ether oxygens (including phenoxy) is 1. The van der Waals surface area contributed by atoms with E-state index in [0.717, 1.165) is 57.5 Å². The average Bonchev–Trinajstić information content (AvgIpc) is 2.69. The molecule has 2 heterocycles. The van der Waals surface area contributed by atoms with Crippen LogP contribution in [0.4, 0.5) is 0 Å². The van der Waals surface area contributed by atoms with Gasteiger partial charge in [0.1, 0.15) is 0 Å². The van der Waals surface area contributed by atoms with Crippen molar-refractivity contribution in [2.24, 2.45) is 5.41 Å². The lowest BCUT2D eigenvalue weighted by Crippen LogP contribution is -2.54. The Bertz CT molecular complexity index is 570. The lowest BCUT2D eigenvalue weighted by atomic mass is 9.67. The molecular weight excluding hydrogens is 328 g/mol. The number of carbonyl (C=O) groups excluding carboxylic acids is 1. The molecule has 144 valence electrons. The van der Waals surface area contributed by atoms with Crippen LogP contribution in [0.2, 0.25) is 0 Å². The highest BCUT2D eigenvalue weighted by molar-refractivity contribution is 5.84. The van der Waals surface area contributed by atoms with Crippen molar-refractivity contribution in [3.63, 3.8) is 0 Å². The number of likely N-dealkylation sites (tertiary alicyclic amines) is 2. The van der Waals surface area contributed by atoms with E-state index in [9.17, 15) is 4.79 Å². The third-order valence-electron chi connectivity index (χ3n) is 6.06. The zero-order valence-electron chi connectivity index (χ0n) is 15.9. The Balaban J connectivity index is 1.63. The summed E-state index contributed by atoms with van der Waals surface area (Å²) in [4.78, 5) is 17.5. The van der Waals surface area contributed by atoms with E-state index in [-0.39, 0.29) is 17.9 Å². The fourth-order valence-corrected chi connectivity index (χ4v) is 4.47. The number of aliphatic hydroxyl groups is 1. The summed E-state index contributed by atoms with van der Waals surface area (Å²) in [5, 5.41) is 8.79. The predicted octanol–water partition coefficient (Wildman–Crippen LogP) is 2.11. The lowest BCUT2D eigenvalue weighted by molar-refractivity contribution is -0.141. The van der Waals surface area contributed by atoms with Crippen LogP contribution in [0.3, 0.4) is 0 Å². The molecule has 0 aromatic heterocycles. The minimum atomic E-state index is 0.00402. The fourth-order valence-electron chi connectivity index (χ4n) is 4.47. The average molecular weight is 360 g/mol. The molecule has 5 heteroatoms. The summed E-state index contributed by atoms with van der Waals surface area (Å²) in [6, 6.07) is 10.3. The number of aliphatic hydroxyl groups excluding tert-OH is 1. The van der Waals surface area contributed by atoms with Gasteiger partial charge in [-0.05, 0) is 50.3 Å². The van der Waals surface area contributed by atoms with Crippen molar-refractivity contribution in [2.75, 3.05) is 52.5 Å². The minimum Gasteiger partial charge on any atom is -0.394 e. The van der Waals surface area contributed by atoms with Gasteiger partial charge in [0, 0.05) is 19.6 Å². The first-order valence-electron chi connectivity index (χ1n) is 9.92.